The first-order valence-corrected chi connectivity index (χ1v) is 24.8. The van der Waals surface area contributed by atoms with E-state index in [2.05, 4.69) is 62.6 Å². The molecule has 21 nitrogen and oxygen atoms in total. The van der Waals surface area contributed by atoms with Crippen LogP contribution in [0.5, 0.6) is 5.75 Å². The molecule has 9 rings (SSSR count). The van der Waals surface area contributed by atoms with Crippen LogP contribution in [0, 0.1) is 0 Å². The Morgan fingerprint density at radius 2 is 1.68 bits per heavy atom. The van der Waals surface area contributed by atoms with Crippen LogP contribution in [0.3, 0.4) is 0 Å². The van der Waals surface area contributed by atoms with Gasteiger partial charge in [0, 0.05) is 99.2 Å². The summed E-state index contributed by atoms with van der Waals surface area (Å²) in [5, 5.41) is 11.6. The van der Waals surface area contributed by atoms with E-state index in [4.69, 9.17) is 16.3 Å². The fourth-order valence-electron chi connectivity index (χ4n) is 9.43. The molecular weight excluding hydrogens is 930 g/mol. The maximum Gasteiger partial charge on any atom is 0.313 e. The van der Waals surface area contributed by atoms with Crippen LogP contribution in [0.25, 0.3) is 11.0 Å². The van der Waals surface area contributed by atoms with Crippen LogP contribution in [0.1, 0.15) is 54.1 Å². The number of ether oxygens (including phenoxy) is 1. The molecule has 5 N–H and O–H groups in total. The molecule has 1 atom stereocenters. The molecule has 360 valence electrons. The molecule has 0 saturated carbocycles. The number of piperidine rings is 2. The van der Waals surface area contributed by atoms with E-state index in [9.17, 15) is 32.4 Å². The summed E-state index contributed by atoms with van der Waals surface area (Å²) in [5.41, 5.74) is 5.36. The van der Waals surface area contributed by atoms with Crippen LogP contribution in [0.2, 0.25) is 5.02 Å². The molecule has 0 spiro atoms. The normalized spacial score (nSPS) is 17.9. The van der Waals surface area contributed by atoms with Gasteiger partial charge in [-0.15, -0.1) is 0 Å². The summed E-state index contributed by atoms with van der Waals surface area (Å²) in [6, 6.07) is 11.8. The summed E-state index contributed by atoms with van der Waals surface area (Å²) in [6.45, 7) is 5.77. The second kappa shape index (κ2) is 19.4. The van der Waals surface area contributed by atoms with Gasteiger partial charge in [-0.1, -0.05) is 24.6 Å². The van der Waals surface area contributed by atoms with Crippen molar-refractivity contribution in [2.45, 2.75) is 57.7 Å². The van der Waals surface area contributed by atoms with Crippen molar-refractivity contribution in [1.82, 2.24) is 40.0 Å². The van der Waals surface area contributed by atoms with Crippen LogP contribution in [-0.4, -0.2) is 137 Å². The van der Waals surface area contributed by atoms with Crippen molar-refractivity contribution in [2.24, 2.45) is 0 Å². The van der Waals surface area contributed by atoms with Gasteiger partial charge in [0.2, 0.25) is 27.8 Å². The van der Waals surface area contributed by atoms with E-state index in [0.717, 1.165) is 49.9 Å². The molecule has 3 fully saturated rings. The number of rotatable bonds is 12. The van der Waals surface area contributed by atoms with Gasteiger partial charge in [-0.25, -0.2) is 13.4 Å². The number of benzene rings is 3. The molecule has 23 heteroatoms. The van der Waals surface area contributed by atoms with Crippen molar-refractivity contribution in [2.75, 3.05) is 78.2 Å². The molecule has 4 aliphatic rings. The lowest BCUT2D eigenvalue weighted by molar-refractivity contribution is -0.144. The summed E-state index contributed by atoms with van der Waals surface area (Å²) in [5.74, 6) is -1.70. The van der Waals surface area contributed by atoms with Gasteiger partial charge in [0.1, 0.15) is 22.3 Å². The second-order valence-electron chi connectivity index (χ2n) is 17.2. The Balaban J connectivity index is 0.801. The van der Waals surface area contributed by atoms with Crippen molar-refractivity contribution in [3.05, 3.63) is 82.8 Å². The smallest absolute Gasteiger partial charge is 0.313 e. The number of piperazine rings is 1. The van der Waals surface area contributed by atoms with E-state index in [1.54, 1.807) is 42.3 Å². The molecule has 0 aliphatic carbocycles. The van der Waals surface area contributed by atoms with Crippen molar-refractivity contribution < 1.29 is 37.1 Å². The summed E-state index contributed by atoms with van der Waals surface area (Å²) in [7, 11) is -2.10. The van der Waals surface area contributed by atoms with E-state index in [1.165, 1.54) is 23.5 Å². The Hall–Kier alpha value is -7.17. The average molecular weight is 981 g/mol. The minimum absolute atomic E-state index is 0.0711. The molecule has 6 heterocycles. The number of carbonyl (C=O) groups excluding carboxylic acids is 5. The minimum Gasteiger partial charge on any atom is -0.494 e. The quantitative estimate of drug-likeness (QED) is 0.0875. The van der Waals surface area contributed by atoms with E-state index >= 15 is 0 Å². The number of carbonyl (C=O) groups is 5. The number of imide groups is 1. The van der Waals surface area contributed by atoms with Gasteiger partial charge >= 0.3 is 11.8 Å². The van der Waals surface area contributed by atoms with Crippen LogP contribution >= 0.6 is 11.6 Å². The Bertz CT molecular complexity index is 3000. The molecule has 0 bridgehead atoms. The molecule has 5 amide bonds. The van der Waals surface area contributed by atoms with Gasteiger partial charge in [0.05, 0.1) is 42.1 Å². The summed E-state index contributed by atoms with van der Waals surface area (Å²) in [4.78, 5) is 89.6. The maximum absolute atomic E-state index is 13.4. The molecule has 3 aromatic carbocycles. The van der Waals surface area contributed by atoms with Crippen LogP contribution in [0.15, 0.2) is 61.1 Å². The number of methoxy groups -OCH3 is 1. The van der Waals surface area contributed by atoms with Gasteiger partial charge in [0.15, 0.2) is 5.82 Å². The highest BCUT2D eigenvalue weighted by Gasteiger charge is 2.40. The molecule has 2 aromatic heterocycles. The first-order valence-electron chi connectivity index (χ1n) is 22.5. The Kier molecular flexibility index (Phi) is 13.2. The number of fused-ring (bicyclic) bond motifs is 2. The number of nitrogens with zero attached hydrogens (tertiary/aromatic N) is 8. The van der Waals surface area contributed by atoms with Crippen LogP contribution in [-0.2, 0) is 42.2 Å². The number of nitrogens with one attached hydrogen (secondary N) is 5. The molecule has 3 saturated heterocycles. The topological polar surface area (TPSA) is 253 Å². The number of aromatic nitrogens is 4. The predicted octanol–water partition coefficient (Wildman–Crippen LogP) is 4.02. The Morgan fingerprint density at radius 3 is 2.41 bits per heavy atom. The number of halogens is 1. The van der Waals surface area contributed by atoms with Crippen molar-refractivity contribution >= 4 is 102 Å². The second-order valence-corrected chi connectivity index (χ2v) is 19.3. The Morgan fingerprint density at radius 1 is 0.913 bits per heavy atom. The van der Waals surface area contributed by atoms with Crippen LogP contribution < -0.4 is 35.6 Å². The zero-order chi connectivity index (χ0) is 48.6. The number of anilines is 7. The third-order valence-corrected chi connectivity index (χ3v) is 13.8. The summed E-state index contributed by atoms with van der Waals surface area (Å²) < 4.78 is 33.1. The molecule has 69 heavy (non-hydrogen) atoms. The van der Waals surface area contributed by atoms with E-state index < -0.39 is 33.8 Å². The molecular formula is C46H50ClN13O8S. The minimum atomic E-state index is -3.70. The van der Waals surface area contributed by atoms with Crippen molar-refractivity contribution in [3.8, 4) is 5.75 Å². The predicted molar refractivity (Wildman–Crippen MR) is 258 cm³/mol. The number of hydrogen-bond acceptors (Lipinski definition) is 16. The number of amides is 5. The number of hydrogen-bond donors (Lipinski definition) is 5. The highest BCUT2D eigenvalue weighted by atomic mass is 35.5. The van der Waals surface area contributed by atoms with Gasteiger partial charge in [0.25, 0.3) is 5.91 Å². The highest BCUT2D eigenvalue weighted by molar-refractivity contribution is 7.92. The molecule has 5 aromatic rings. The van der Waals surface area contributed by atoms with Gasteiger partial charge in [-0.05, 0) is 61.6 Å². The van der Waals surface area contributed by atoms with Crippen molar-refractivity contribution in [1.29, 1.82) is 0 Å². The molecule has 0 radical (unpaired) electrons. The zero-order valence-corrected chi connectivity index (χ0v) is 39.6. The van der Waals surface area contributed by atoms with Gasteiger partial charge < -0.3 is 35.4 Å². The van der Waals surface area contributed by atoms with Gasteiger partial charge in [-0.3, -0.25) is 48.9 Å². The molecule has 4 aliphatic heterocycles. The monoisotopic (exact) mass is 979 g/mol. The average Bonchev–Trinajstić information content (AvgIpc) is 3.68. The lowest BCUT2D eigenvalue weighted by atomic mass is 9.99. The SMILES string of the molecule is CCc1cc(Nc2ncc(Cl)c(Nc3ccc4nccnc4c3NS(C)(=O)=O)n2)c(OC)cc1N1CCC(N2CCN(C(=O)C(=O)Nc3cccc4c3CN(C3CCC(=O)NC3=O)C4=O)CC2)CC1. The maximum atomic E-state index is 13.4. The van der Waals surface area contributed by atoms with E-state index in [-0.39, 0.29) is 53.7 Å². The van der Waals surface area contributed by atoms with Crippen molar-refractivity contribution in [3.63, 3.8) is 0 Å². The number of aryl methyl sites for hydroxylation is 1. The van der Waals surface area contributed by atoms with Crippen LogP contribution in [0.4, 0.5) is 40.2 Å². The highest BCUT2D eigenvalue weighted by Crippen LogP contribution is 2.39. The lowest BCUT2D eigenvalue weighted by Crippen LogP contribution is -2.55. The third kappa shape index (κ3) is 9.90. The molecule has 1 unspecified atom stereocenters. The summed E-state index contributed by atoms with van der Waals surface area (Å²) >= 11 is 6.56. The standard InChI is InChI=1S/C46H50ClN13O8S/c1-4-26-22-34(53-46-50-24-30(47)41(55-46)51-33-9-8-32-39(49-15-14-48-32)40(33)56-69(3,66)67)37(68-2)23-36(26)58-16-12-27(13-17-58)57-18-20-59(21-19-57)45(65)43(63)52-31-7-5-6-28-29(31)25-60(44(28)64)35-10-11-38(61)54-42(35)62/h5-9,14-15,22-24,27,35,56H,4,10-13,16-21,25H2,1-3H3,(H,52,63)(H,54,61,62)(H2,50,51,53,55). The van der Waals surface area contributed by atoms with E-state index in [0.29, 0.717) is 77.2 Å². The fraction of sp³-hybridized carbons (Fsp3) is 0.370. The largest absolute Gasteiger partial charge is 0.494 e. The lowest BCUT2D eigenvalue weighted by Gasteiger charge is -2.43. The third-order valence-electron chi connectivity index (χ3n) is 12.9. The Labute approximate surface area is 402 Å². The zero-order valence-electron chi connectivity index (χ0n) is 38.0. The van der Waals surface area contributed by atoms with E-state index in [1.807, 2.05) is 12.1 Å². The first kappa shape index (κ1) is 46.9. The first-order chi connectivity index (χ1) is 33.2. The van der Waals surface area contributed by atoms with Gasteiger partial charge in [-0.2, -0.15) is 4.98 Å². The fourth-order valence-corrected chi connectivity index (χ4v) is 10.2. The summed E-state index contributed by atoms with van der Waals surface area (Å²) in [6.07, 6.45) is 8.35. The number of sulfonamides is 1.